The summed E-state index contributed by atoms with van der Waals surface area (Å²) < 4.78 is 0. The van der Waals surface area contributed by atoms with Crippen LogP contribution < -0.4 is 10.6 Å². The first-order chi connectivity index (χ1) is 12.8. The maximum atomic E-state index is 12.3. The van der Waals surface area contributed by atoms with Gasteiger partial charge < -0.3 is 10.6 Å². The van der Waals surface area contributed by atoms with Gasteiger partial charge in [0.1, 0.15) is 0 Å². The molecule has 0 aliphatic rings. The van der Waals surface area contributed by atoms with Crippen molar-refractivity contribution < 1.29 is 4.79 Å². The molecule has 4 aromatic rings. The minimum Gasteiger partial charge on any atom is -0.308 e. The van der Waals surface area contributed by atoms with Gasteiger partial charge >= 0.3 is 6.03 Å². The number of amides is 2. The number of nitrogens with one attached hydrogen (secondary N) is 2. The predicted octanol–water partition coefficient (Wildman–Crippen LogP) is 6.15. The molecule has 0 saturated heterocycles. The van der Waals surface area contributed by atoms with Gasteiger partial charge in [0, 0.05) is 11.4 Å². The third-order valence-corrected chi connectivity index (χ3v) is 4.26. The van der Waals surface area contributed by atoms with E-state index in [0.29, 0.717) is 0 Å². The number of hydrogen-bond donors (Lipinski definition) is 2. The summed E-state index contributed by atoms with van der Waals surface area (Å²) in [5.74, 6) is 0. The monoisotopic (exact) mass is 338 g/mol. The van der Waals surface area contributed by atoms with Crippen molar-refractivity contribution >= 4 is 28.2 Å². The first kappa shape index (κ1) is 15.9. The Balaban J connectivity index is 1.44. The summed E-state index contributed by atoms with van der Waals surface area (Å²) in [5, 5.41) is 7.99. The fourth-order valence-electron chi connectivity index (χ4n) is 2.94. The van der Waals surface area contributed by atoms with E-state index in [9.17, 15) is 4.79 Å². The van der Waals surface area contributed by atoms with Gasteiger partial charge in [-0.25, -0.2) is 4.79 Å². The van der Waals surface area contributed by atoms with Crippen LogP contribution >= 0.6 is 0 Å². The topological polar surface area (TPSA) is 41.1 Å². The smallest absolute Gasteiger partial charge is 0.308 e. The van der Waals surface area contributed by atoms with Crippen molar-refractivity contribution in [3.05, 3.63) is 97.1 Å². The van der Waals surface area contributed by atoms with Gasteiger partial charge in [0.2, 0.25) is 0 Å². The molecule has 0 bridgehead atoms. The summed E-state index contributed by atoms with van der Waals surface area (Å²) in [6.07, 6.45) is 0. The van der Waals surface area contributed by atoms with E-state index >= 15 is 0 Å². The van der Waals surface area contributed by atoms with E-state index in [-0.39, 0.29) is 6.03 Å². The SMILES string of the molecule is O=C(Nc1ccc(-c2ccccc2)cc1)Nc1ccc2ccccc2c1. The second-order valence-corrected chi connectivity index (χ2v) is 6.08. The molecule has 0 spiro atoms. The highest BCUT2D eigenvalue weighted by Crippen LogP contribution is 2.22. The average molecular weight is 338 g/mol. The van der Waals surface area contributed by atoms with E-state index < -0.39 is 0 Å². The second kappa shape index (κ2) is 7.11. The maximum Gasteiger partial charge on any atom is 0.323 e. The Morgan fingerprint density at radius 1 is 0.538 bits per heavy atom. The van der Waals surface area contributed by atoms with Crippen LogP contribution in [0.5, 0.6) is 0 Å². The fraction of sp³-hybridized carbons (Fsp3) is 0. The number of urea groups is 1. The summed E-state index contributed by atoms with van der Waals surface area (Å²) in [7, 11) is 0. The van der Waals surface area contributed by atoms with Crippen LogP contribution in [-0.2, 0) is 0 Å². The third kappa shape index (κ3) is 3.57. The standard InChI is InChI=1S/C23H18N2O/c26-23(25-22-15-12-18-8-4-5-9-20(18)16-22)24-21-13-10-19(11-14-21)17-6-2-1-3-7-17/h1-16H,(H2,24,25,26). The zero-order chi connectivity index (χ0) is 17.8. The first-order valence-electron chi connectivity index (χ1n) is 8.50. The van der Waals surface area contributed by atoms with Crippen molar-refractivity contribution in [2.45, 2.75) is 0 Å². The lowest BCUT2D eigenvalue weighted by Gasteiger charge is -2.09. The molecule has 0 radical (unpaired) electrons. The minimum atomic E-state index is -0.257. The molecule has 3 nitrogen and oxygen atoms in total. The molecular formula is C23H18N2O. The van der Waals surface area contributed by atoms with Crippen LogP contribution in [0.25, 0.3) is 21.9 Å². The number of anilines is 2. The van der Waals surface area contributed by atoms with Crippen LogP contribution in [0.4, 0.5) is 16.2 Å². The van der Waals surface area contributed by atoms with Gasteiger partial charge in [-0.2, -0.15) is 0 Å². The van der Waals surface area contributed by atoms with E-state index in [2.05, 4.69) is 22.8 Å². The summed E-state index contributed by atoms with van der Waals surface area (Å²) in [6, 6.07) is 31.6. The highest BCUT2D eigenvalue weighted by molar-refractivity contribution is 6.01. The van der Waals surface area contributed by atoms with Crippen LogP contribution in [0.15, 0.2) is 97.1 Å². The summed E-state index contributed by atoms with van der Waals surface area (Å²) in [6.45, 7) is 0. The quantitative estimate of drug-likeness (QED) is 0.462. The number of fused-ring (bicyclic) bond motifs is 1. The van der Waals surface area contributed by atoms with Gasteiger partial charge in [-0.05, 0) is 46.2 Å². The number of hydrogen-bond acceptors (Lipinski definition) is 1. The number of rotatable bonds is 3. The van der Waals surface area contributed by atoms with E-state index in [1.807, 2.05) is 84.9 Å². The molecule has 0 aromatic heterocycles. The minimum absolute atomic E-state index is 0.257. The molecule has 3 heteroatoms. The van der Waals surface area contributed by atoms with Crippen molar-refractivity contribution in [1.29, 1.82) is 0 Å². The number of benzene rings is 4. The van der Waals surface area contributed by atoms with Crippen molar-refractivity contribution in [3.8, 4) is 11.1 Å². The Labute approximate surface area is 152 Å². The molecule has 2 amide bonds. The van der Waals surface area contributed by atoms with Crippen LogP contribution in [0.2, 0.25) is 0 Å². The molecule has 26 heavy (non-hydrogen) atoms. The molecule has 0 saturated carbocycles. The van der Waals surface area contributed by atoms with Gasteiger partial charge in [0.25, 0.3) is 0 Å². The van der Waals surface area contributed by atoms with Crippen molar-refractivity contribution in [3.63, 3.8) is 0 Å². The number of carbonyl (C=O) groups excluding carboxylic acids is 1. The molecule has 4 rings (SSSR count). The first-order valence-corrected chi connectivity index (χ1v) is 8.50. The molecule has 0 atom stereocenters. The van der Waals surface area contributed by atoms with Crippen molar-refractivity contribution in [1.82, 2.24) is 0 Å². The Morgan fingerprint density at radius 3 is 1.88 bits per heavy atom. The van der Waals surface area contributed by atoms with E-state index in [0.717, 1.165) is 33.3 Å². The largest absolute Gasteiger partial charge is 0.323 e. The van der Waals surface area contributed by atoms with Crippen molar-refractivity contribution in [2.75, 3.05) is 10.6 Å². The number of carbonyl (C=O) groups is 1. The Morgan fingerprint density at radius 2 is 1.12 bits per heavy atom. The van der Waals surface area contributed by atoms with E-state index in [1.165, 1.54) is 0 Å². The lowest BCUT2D eigenvalue weighted by atomic mass is 10.1. The van der Waals surface area contributed by atoms with Crippen LogP contribution in [0.1, 0.15) is 0 Å². The summed E-state index contributed by atoms with van der Waals surface area (Å²) in [5.41, 5.74) is 3.79. The van der Waals surface area contributed by atoms with Crippen LogP contribution in [0.3, 0.4) is 0 Å². The Hall–Kier alpha value is -3.59. The van der Waals surface area contributed by atoms with Gasteiger partial charge in [-0.15, -0.1) is 0 Å². The normalized spacial score (nSPS) is 10.5. The lowest BCUT2D eigenvalue weighted by Crippen LogP contribution is -2.19. The van der Waals surface area contributed by atoms with E-state index in [4.69, 9.17) is 0 Å². The third-order valence-electron chi connectivity index (χ3n) is 4.26. The Kier molecular flexibility index (Phi) is 4.35. The van der Waals surface area contributed by atoms with Crippen LogP contribution in [-0.4, -0.2) is 6.03 Å². The average Bonchev–Trinajstić information content (AvgIpc) is 2.69. The molecule has 0 aliphatic heterocycles. The molecule has 0 fully saturated rings. The fourth-order valence-corrected chi connectivity index (χ4v) is 2.94. The zero-order valence-electron chi connectivity index (χ0n) is 14.1. The summed E-state index contributed by atoms with van der Waals surface area (Å²) in [4.78, 5) is 12.3. The van der Waals surface area contributed by atoms with E-state index in [1.54, 1.807) is 0 Å². The summed E-state index contributed by atoms with van der Waals surface area (Å²) >= 11 is 0. The highest BCUT2D eigenvalue weighted by atomic mass is 16.2. The van der Waals surface area contributed by atoms with Crippen molar-refractivity contribution in [2.24, 2.45) is 0 Å². The van der Waals surface area contributed by atoms with Gasteiger partial charge in [-0.3, -0.25) is 0 Å². The van der Waals surface area contributed by atoms with Gasteiger partial charge in [0.15, 0.2) is 0 Å². The second-order valence-electron chi connectivity index (χ2n) is 6.08. The lowest BCUT2D eigenvalue weighted by molar-refractivity contribution is 0.262. The molecule has 0 heterocycles. The molecule has 4 aromatic carbocycles. The predicted molar refractivity (Wildman–Crippen MR) is 108 cm³/mol. The van der Waals surface area contributed by atoms with Gasteiger partial charge in [0.05, 0.1) is 0 Å². The molecule has 126 valence electrons. The van der Waals surface area contributed by atoms with Crippen LogP contribution in [0, 0.1) is 0 Å². The molecule has 2 N–H and O–H groups in total. The zero-order valence-corrected chi connectivity index (χ0v) is 14.1. The highest BCUT2D eigenvalue weighted by Gasteiger charge is 2.04. The molecule has 0 unspecified atom stereocenters. The maximum absolute atomic E-state index is 12.3. The molecule has 0 aliphatic carbocycles. The molecular weight excluding hydrogens is 320 g/mol. The van der Waals surface area contributed by atoms with Gasteiger partial charge in [-0.1, -0.05) is 72.8 Å². The Bertz CT molecular complexity index is 1040.